The van der Waals surface area contributed by atoms with Crippen LogP contribution >= 0.6 is 11.6 Å². The number of aromatic nitrogens is 2. The van der Waals surface area contributed by atoms with Gasteiger partial charge in [0.05, 0.1) is 10.7 Å². The molecule has 0 saturated heterocycles. The van der Waals surface area contributed by atoms with Gasteiger partial charge < -0.3 is 10.3 Å². The standard InChI is InChI=1S/C11H12ClFN4O3S/c1-6-16-11(17-20-6)2-3-15-21(18,19)10-5-9(14)8(13)4-7(10)12/h4-5,15H,2-3,14H2,1H3. The average molecular weight is 335 g/mol. The van der Waals surface area contributed by atoms with Gasteiger partial charge in [0.15, 0.2) is 5.82 Å². The summed E-state index contributed by atoms with van der Waals surface area (Å²) in [5.74, 6) is -0.0108. The van der Waals surface area contributed by atoms with Crippen LogP contribution in [0.25, 0.3) is 0 Å². The summed E-state index contributed by atoms with van der Waals surface area (Å²) in [6, 6.07) is 1.83. The molecule has 0 amide bonds. The Morgan fingerprint density at radius 1 is 1.48 bits per heavy atom. The van der Waals surface area contributed by atoms with Gasteiger partial charge in [-0.25, -0.2) is 17.5 Å². The highest BCUT2D eigenvalue weighted by Gasteiger charge is 2.20. The van der Waals surface area contributed by atoms with E-state index < -0.39 is 15.8 Å². The molecule has 3 N–H and O–H groups in total. The summed E-state index contributed by atoms with van der Waals surface area (Å²) < 4.78 is 44.4. The summed E-state index contributed by atoms with van der Waals surface area (Å²) in [5, 5.41) is 3.39. The van der Waals surface area contributed by atoms with Gasteiger partial charge in [-0.3, -0.25) is 0 Å². The van der Waals surface area contributed by atoms with Crippen LogP contribution in [0.4, 0.5) is 10.1 Å². The fourth-order valence-electron chi connectivity index (χ4n) is 1.57. The molecule has 0 aliphatic carbocycles. The number of anilines is 1. The number of rotatable bonds is 5. The molecule has 1 aromatic carbocycles. The van der Waals surface area contributed by atoms with E-state index in [2.05, 4.69) is 14.9 Å². The zero-order chi connectivity index (χ0) is 15.6. The van der Waals surface area contributed by atoms with Crippen molar-refractivity contribution >= 4 is 27.3 Å². The monoisotopic (exact) mass is 334 g/mol. The fourth-order valence-corrected chi connectivity index (χ4v) is 3.15. The minimum atomic E-state index is -3.91. The number of hydrogen-bond donors (Lipinski definition) is 2. The van der Waals surface area contributed by atoms with Crippen LogP contribution < -0.4 is 10.5 Å². The van der Waals surface area contributed by atoms with Crippen molar-refractivity contribution in [3.63, 3.8) is 0 Å². The first-order valence-corrected chi connectivity index (χ1v) is 7.69. The normalized spacial score (nSPS) is 11.8. The van der Waals surface area contributed by atoms with Crippen LogP contribution in [0.1, 0.15) is 11.7 Å². The van der Waals surface area contributed by atoms with Crippen LogP contribution in [0.3, 0.4) is 0 Å². The Morgan fingerprint density at radius 2 is 2.19 bits per heavy atom. The fraction of sp³-hybridized carbons (Fsp3) is 0.273. The molecule has 0 bridgehead atoms. The van der Waals surface area contributed by atoms with E-state index in [1.165, 1.54) is 0 Å². The molecule has 0 radical (unpaired) electrons. The van der Waals surface area contributed by atoms with Gasteiger partial charge in [0.1, 0.15) is 10.7 Å². The summed E-state index contributed by atoms with van der Waals surface area (Å²) in [7, 11) is -3.91. The molecule has 0 aliphatic heterocycles. The molecule has 1 aromatic heterocycles. The molecule has 0 saturated carbocycles. The predicted octanol–water partition coefficient (Wildman–Crippen LogP) is 1.27. The van der Waals surface area contributed by atoms with Crippen LogP contribution in [-0.2, 0) is 16.4 Å². The molecule has 7 nitrogen and oxygen atoms in total. The van der Waals surface area contributed by atoms with Crippen molar-refractivity contribution in [3.8, 4) is 0 Å². The average Bonchev–Trinajstić information content (AvgIpc) is 2.79. The van der Waals surface area contributed by atoms with Gasteiger partial charge in [0.25, 0.3) is 0 Å². The van der Waals surface area contributed by atoms with Crippen LogP contribution in [0.5, 0.6) is 0 Å². The molecule has 10 heteroatoms. The van der Waals surface area contributed by atoms with Gasteiger partial charge in [0, 0.05) is 19.9 Å². The molecule has 1 heterocycles. The molecular formula is C11H12ClFN4O3S. The van der Waals surface area contributed by atoms with Crippen LogP contribution in [0, 0.1) is 12.7 Å². The highest BCUT2D eigenvalue weighted by atomic mass is 35.5. The summed E-state index contributed by atoms with van der Waals surface area (Å²) in [6.07, 6.45) is 0.241. The van der Waals surface area contributed by atoms with E-state index in [4.69, 9.17) is 21.9 Å². The maximum absolute atomic E-state index is 13.2. The van der Waals surface area contributed by atoms with Gasteiger partial charge in [-0.2, -0.15) is 4.98 Å². The lowest BCUT2D eigenvalue weighted by Crippen LogP contribution is -2.26. The van der Waals surface area contributed by atoms with Crippen molar-refractivity contribution in [3.05, 3.63) is 34.7 Å². The summed E-state index contributed by atoms with van der Waals surface area (Å²) in [5.41, 5.74) is 5.05. The Labute approximate surface area is 125 Å². The Hall–Kier alpha value is -1.71. The smallest absolute Gasteiger partial charge is 0.242 e. The number of nitrogen functional groups attached to an aromatic ring is 1. The van der Waals surface area contributed by atoms with Gasteiger partial charge >= 0.3 is 0 Å². The molecule has 2 aromatic rings. The summed E-state index contributed by atoms with van der Waals surface area (Å²) in [6.45, 7) is 1.66. The van der Waals surface area contributed by atoms with Gasteiger partial charge in [-0.15, -0.1) is 0 Å². The van der Waals surface area contributed by atoms with Gasteiger partial charge in [-0.05, 0) is 12.1 Å². The number of halogens is 2. The molecule has 2 rings (SSSR count). The van der Waals surface area contributed by atoms with Gasteiger partial charge in [-0.1, -0.05) is 16.8 Å². The van der Waals surface area contributed by atoms with E-state index in [1.54, 1.807) is 6.92 Å². The quantitative estimate of drug-likeness (QED) is 0.797. The van der Waals surface area contributed by atoms with Crippen molar-refractivity contribution in [1.29, 1.82) is 0 Å². The van der Waals surface area contributed by atoms with Crippen molar-refractivity contribution in [1.82, 2.24) is 14.9 Å². The lowest BCUT2D eigenvalue weighted by Gasteiger charge is -2.08. The molecule has 0 fully saturated rings. The molecule has 0 spiro atoms. The molecule has 0 unspecified atom stereocenters. The van der Waals surface area contributed by atoms with E-state index in [0.717, 1.165) is 12.1 Å². The van der Waals surface area contributed by atoms with E-state index >= 15 is 0 Å². The van der Waals surface area contributed by atoms with Crippen LogP contribution in [0.15, 0.2) is 21.6 Å². The molecule has 0 aliphatic rings. The zero-order valence-corrected chi connectivity index (χ0v) is 12.5. The summed E-state index contributed by atoms with van der Waals surface area (Å²) >= 11 is 5.73. The lowest BCUT2D eigenvalue weighted by atomic mass is 10.3. The summed E-state index contributed by atoms with van der Waals surface area (Å²) in [4.78, 5) is 3.65. The largest absolute Gasteiger partial charge is 0.396 e. The minimum Gasteiger partial charge on any atom is -0.396 e. The highest BCUT2D eigenvalue weighted by Crippen LogP contribution is 2.26. The minimum absolute atomic E-state index is 0.0366. The maximum Gasteiger partial charge on any atom is 0.242 e. The van der Waals surface area contributed by atoms with E-state index in [1.807, 2.05) is 0 Å². The van der Waals surface area contributed by atoms with Crippen LogP contribution in [-0.4, -0.2) is 25.1 Å². The second-order valence-corrected chi connectivity index (χ2v) is 6.32. The van der Waals surface area contributed by atoms with E-state index in [-0.39, 0.29) is 28.6 Å². The first-order chi connectivity index (χ1) is 9.79. The third-order valence-electron chi connectivity index (χ3n) is 2.55. The topological polar surface area (TPSA) is 111 Å². The molecular weight excluding hydrogens is 323 g/mol. The Bertz CT molecular complexity index is 763. The van der Waals surface area contributed by atoms with Crippen molar-refractivity contribution in [2.75, 3.05) is 12.3 Å². The highest BCUT2D eigenvalue weighted by molar-refractivity contribution is 7.89. The Balaban J connectivity index is 2.10. The third kappa shape index (κ3) is 3.69. The number of nitrogens with one attached hydrogen (secondary N) is 1. The number of benzene rings is 1. The number of nitrogens with two attached hydrogens (primary N) is 1. The van der Waals surface area contributed by atoms with Crippen molar-refractivity contribution in [2.24, 2.45) is 0 Å². The lowest BCUT2D eigenvalue weighted by molar-refractivity contribution is 0.387. The zero-order valence-electron chi connectivity index (χ0n) is 10.9. The first-order valence-electron chi connectivity index (χ1n) is 5.83. The molecule has 0 atom stereocenters. The van der Waals surface area contributed by atoms with Crippen molar-refractivity contribution < 1.29 is 17.3 Å². The first kappa shape index (κ1) is 15.7. The second-order valence-electron chi connectivity index (χ2n) is 4.18. The third-order valence-corrected chi connectivity index (χ3v) is 4.48. The Morgan fingerprint density at radius 3 is 2.81 bits per heavy atom. The Kier molecular flexibility index (Phi) is 4.45. The maximum atomic E-state index is 13.2. The van der Waals surface area contributed by atoms with Crippen molar-refractivity contribution in [2.45, 2.75) is 18.2 Å². The molecule has 21 heavy (non-hydrogen) atoms. The number of aryl methyl sites for hydroxylation is 1. The molecule has 114 valence electrons. The number of sulfonamides is 1. The number of hydrogen-bond acceptors (Lipinski definition) is 6. The van der Waals surface area contributed by atoms with E-state index in [9.17, 15) is 12.8 Å². The van der Waals surface area contributed by atoms with Gasteiger partial charge in [0.2, 0.25) is 15.9 Å². The SMILES string of the molecule is Cc1nc(CCNS(=O)(=O)c2cc(N)c(F)cc2Cl)no1. The van der Waals surface area contributed by atoms with Crippen LogP contribution in [0.2, 0.25) is 5.02 Å². The predicted molar refractivity (Wildman–Crippen MR) is 73.7 cm³/mol. The van der Waals surface area contributed by atoms with E-state index in [0.29, 0.717) is 11.7 Å². The number of nitrogens with zero attached hydrogens (tertiary/aromatic N) is 2. The second kappa shape index (κ2) is 5.96.